The van der Waals surface area contributed by atoms with Crippen LogP contribution in [0.1, 0.15) is 12.8 Å². The smallest absolute Gasteiger partial charge is 0.225 e. The molecule has 1 heterocycles. The highest BCUT2D eigenvalue weighted by Crippen LogP contribution is 2.28. The average Bonchev–Trinajstić information content (AvgIpc) is 2.44. The zero-order chi connectivity index (χ0) is 13.2. The van der Waals surface area contributed by atoms with Crippen molar-refractivity contribution in [2.45, 2.75) is 18.9 Å². The van der Waals surface area contributed by atoms with E-state index >= 15 is 0 Å². The van der Waals surface area contributed by atoms with Crippen LogP contribution in [-0.2, 0) is 4.79 Å². The molecule has 2 aliphatic rings. The Hall–Kier alpha value is -1.55. The topological polar surface area (TPSA) is 49.6 Å². The maximum Gasteiger partial charge on any atom is 0.225 e. The van der Waals surface area contributed by atoms with Gasteiger partial charge in [0.05, 0.1) is 0 Å². The molecule has 0 unspecified atom stereocenters. The minimum Gasteiger partial charge on any atom is -0.368 e. The monoisotopic (exact) mass is 259 g/mol. The van der Waals surface area contributed by atoms with Crippen molar-refractivity contribution in [3.05, 3.63) is 30.3 Å². The van der Waals surface area contributed by atoms with Gasteiger partial charge >= 0.3 is 0 Å². The van der Waals surface area contributed by atoms with Gasteiger partial charge in [-0.2, -0.15) is 0 Å². The van der Waals surface area contributed by atoms with Crippen LogP contribution >= 0.6 is 0 Å². The molecular formula is C15H21N3O. The van der Waals surface area contributed by atoms with Crippen molar-refractivity contribution in [2.24, 2.45) is 11.7 Å². The highest BCUT2D eigenvalue weighted by Gasteiger charge is 2.35. The first-order chi connectivity index (χ1) is 9.24. The fraction of sp³-hybridized carbons (Fsp3) is 0.533. The fourth-order valence-electron chi connectivity index (χ4n) is 2.95. The molecule has 2 fully saturated rings. The van der Waals surface area contributed by atoms with Gasteiger partial charge in [-0.1, -0.05) is 18.2 Å². The summed E-state index contributed by atoms with van der Waals surface area (Å²) in [7, 11) is 0. The van der Waals surface area contributed by atoms with Gasteiger partial charge in [-0.15, -0.1) is 0 Å². The standard InChI is InChI=1S/C15H21N3O/c16-13-10-12(11-13)15(19)18-8-6-17(7-9-18)14-4-2-1-3-5-14/h1-5,12-13H,6-11,16H2. The Bertz CT molecular complexity index is 434. The number of rotatable bonds is 2. The summed E-state index contributed by atoms with van der Waals surface area (Å²) < 4.78 is 0. The van der Waals surface area contributed by atoms with E-state index in [9.17, 15) is 4.79 Å². The summed E-state index contributed by atoms with van der Waals surface area (Å²) in [5.74, 6) is 0.507. The highest BCUT2D eigenvalue weighted by atomic mass is 16.2. The number of carbonyl (C=O) groups excluding carboxylic acids is 1. The Morgan fingerprint density at radius 2 is 1.68 bits per heavy atom. The van der Waals surface area contributed by atoms with E-state index in [4.69, 9.17) is 5.73 Å². The van der Waals surface area contributed by atoms with E-state index in [1.807, 2.05) is 11.0 Å². The molecule has 4 heteroatoms. The van der Waals surface area contributed by atoms with Crippen molar-refractivity contribution < 1.29 is 4.79 Å². The zero-order valence-corrected chi connectivity index (χ0v) is 11.2. The van der Waals surface area contributed by atoms with E-state index in [0.717, 1.165) is 39.0 Å². The fourth-order valence-corrected chi connectivity index (χ4v) is 2.95. The number of nitrogens with zero attached hydrogens (tertiary/aromatic N) is 2. The third-order valence-corrected chi connectivity index (χ3v) is 4.24. The van der Waals surface area contributed by atoms with E-state index in [2.05, 4.69) is 29.2 Å². The van der Waals surface area contributed by atoms with Gasteiger partial charge in [-0.25, -0.2) is 0 Å². The van der Waals surface area contributed by atoms with Crippen LogP contribution in [0.15, 0.2) is 30.3 Å². The maximum absolute atomic E-state index is 12.2. The van der Waals surface area contributed by atoms with Crippen molar-refractivity contribution in [2.75, 3.05) is 31.1 Å². The lowest BCUT2D eigenvalue weighted by Gasteiger charge is -2.40. The largest absolute Gasteiger partial charge is 0.368 e. The lowest BCUT2D eigenvalue weighted by molar-refractivity contribution is -0.139. The Kier molecular flexibility index (Phi) is 3.42. The number of hydrogen-bond donors (Lipinski definition) is 1. The van der Waals surface area contributed by atoms with Crippen molar-refractivity contribution in [1.82, 2.24) is 4.90 Å². The number of amides is 1. The quantitative estimate of drug-likeness (QED) is 0.864. The van der Waals surface area contributed by atoms with Gasteiger partial charge in [0.15, 0.2) is 0 Å². The van der Waals surface area contributed by atoms with Gasteiger partial charge in [0.25, 0.3) is 0 Å². The molecule has 2 N–H and O–H groups in total. The third-order valence-electron chi connectivity index (χ3n) is 4.24. The van der Waals surface area contributed by atoms with Crippen molar-refractivity contribution in [3.8, 4) is 0 Å². The predicted octanol–water partition coefficient (Wildman–Crippen LogP) is 1.07. The van der Waals surface area contributed by atoms with Crippen LogP contribution < -0.4 is 10.6 Å². The molecule has 1 amide bonds. The SMILES string of the molecule is NC1CC(C(=O)N2CCN(c3ccccc3)CC2)C1. The molecule has 1 aromatic carbocycles. The zero-order valence-electron chi connectivity index (χ0n) is 11.2. The Balaban J connectivity index is 1.53. The van der Waals surface area contributed by atoms with Crippen molar-refractivity contribution >= 4 is 11.6 Å². The second kappa shape index (κ2) is 5.21. The number of hydrogen-bond acceptors (Lipinski definition) is 3. The molecule has 0 radical (unpaired) electrons. The number of nitrogens with two attached hydrogens (primary N) is 1. The van der Waals surface area contributed by atoms with Crippen LogP contribution in [0, 0.1) is 5.92 Å². The van der Waals surface area contributed by atoms with Gasteiger partial charge in [0.2, 0.25) is 5.91 Å². The molecular weight excluding hydrogens is 238 g/mol. The molecule has 0 aromatic heterocycles. The minimum atomic E-state index is 0.193. The van der Waals surface area contributed by atoms with Crippen LogP contribution in [0.5, 0.6) is 0 Å². The molecule has 102 valence electrons. The Morgan fingerprint density at radius 3 is 2.26 bits per heavy atom. The molecule has 1 saturated heterocycles. The first-order valence-corrected chi connectivity index (χ1v) is 7.08. The number of anilines is 1. The normalized spacial score (nSPS) is 27.0. The van der Waals surface area contributed by atoms with Gasteiger partial charge in [-0.3, -0.25) is 4.79 Å². The molecule has 1 aromatic rings. The van der Waals surface area contributed by atoms with Gasteiger partial charge in [0.1, 0.15) is 0 Å². The third kappa shape index (κ3) is 2.59. The van der Waals surface area contributed by atoms with Crippen molar-refractivity contribution in [1.29, 1.82) is 0 Å². The van der Waals surface area contributed by atoms with Crippen LogP contribution in [-0.4, -0.2) is 43.0 Å². The number of piperazine rings is 1. The first kappa shape index (κ1) is 12.5. The summed E-state index contributed by atoms with van der Waals surface area (Å²) in [5.41, 5.74) is 7.01. The molecule has 0 bridgehead atoms. The van der Waals surface area contributed by atoms with Crippen LogP contribution in [0.2, 0.25) is 0 Å². The maximum atomic E-state index is 12.2. The van der Waals surface area contributed by atoms with Gasteiger partial charge in [-0.05, 0) is 25.0 Å². The van der Waals surface area contributed by atoms with E-state index in [0.29, 0.717) is 5.91 Å². The second-order valence-corrected chi connectivity index (χ2v) is 5.58. The van der Waals surface area contributed by atoms with E-state index < -0.39 is 0 Å². The summed E-state index contributed by atoms with van der Waals surface area (Å²) in [4.78, 5) is 16.6. The van der Waals surface area contributed by atoms with Crippen LogP contribution in [0.25, 0.3) is 0 Å². The molecule has 1 aliphatic heterocycles. The van der Waals surface area contributed by atoms with E-state index in [-0.39, 0.29) is 12.0 Å². The molecule has 19 heavy (non-hydrogen) atoms. The van der Waals surface area contributed by atoms with Crippen LogP contribution in [0.3, 0.4) is 0 Å². The molecule has 1 saturated carbocycles. The number of para-hydroxylation sites is 1. The predicted molar refractivity (Wildman–Crippen MR) is 75.9 cm³/mol. The van der Waals surface area contributed by atoms with Gasteiger partial charge < -0.3 is 15.5 Å². The molecule has 1 aliphatic carbocycles. The lowest BCUT2D eigenvalue weighted by atomic mass is 9.80. The lowest BCUT2D eigenvalue weighted by Crippen LogP contribution is -2.53. The molecule has 3 rings (SSSR count). The molecule has 0 spiro atoms. The summed E-state index contributed by atoms with van der Waals surface area (Å²) >= 11 is 0. The summed E-state index contributed by atoms with van der Waals surface area (Å²) in [6.07, 6.45) is 1.75. The highest BCUT2D eigenvalue weighted by molar-refractivity contribution is 5.80. The summed E-state index contributed by atoms with van der Waals surface area (Å²) in [5, 5.41) is 0. The molecule has 0 atom stereocenters. The Morgan fingerprint density at radius 1 is 1.05 bits per heavy atom. The van der Waals surface area contributed by atoms with E-state index in [1.54, 1.807) is 0 Å². The summed E-state index contributed by atoms with van der Waals surface area (Å²) in [6, 6.07) is 10.7. The van der Waals surface area contributed by atoms with Crippen LogP contribution in [0.4, 0.5) is 5.69 Å². The average molecular weight is 259 g/mol. The van der Waals surface area contributed by atoms with Crippen molar-refractivity contribution in [3.63, 3.8) is 0 Å². The van der Waals surface area contributed by atoms with Gasteiger partial charge in [0, 0.05) is 43.8 Å². The minimum absolute atomic E-state index is 0.193. The first-order valence-electron chi connectivity index (χ1n) is 7.08. The number of carbonyl (C=O) groups is 1. The second-order valence-electron chi connectivity index (χ2n) is 5.58. The number of benzene rings is 1. The molecule has 4 nitrogen and oxygen atoms in total. The Labute approximate surface area is 114 Å². The van der Waals surface area contributed by atoms with E-state index in [1.165, 1.54) is 5.69 Å². The summed E-state index contributed by atoms with van der Waals surface area (Å²) in [6.45, 7) is 3.52.